The van der Waals surface area contributed by atoms with Gasteiger partial charge in [0.15, 0.2) is 11.1 Å². The quantitative estimate of drug-likeness (QED) is 0.370. The van der Waals surface area contributed by atoms with E-state index in [0.717, 1.165) is 17.8 Å². The summed E-state index contributed by atoms with van der Waals surface area (Å²) in [6.07, 6.45) is 2.15. The highest BCUT2D eigenvalue weighted by Gasteiger charge is 2.17. The van der Waals surface area contributed by atoms with Crippen molar-refractivity contribution >= 4 is 41.0 Å². The van der Waals surface area contributed by atoms with Crippen molar-refractivity contribution in [2.24, 2.45) is 16.5 Å². The fraction of sp³-hybridized carbons (Fsp3) is 0.267. The van der Waals surface area contributed by atoms with Crippen LogP contribution in [0.1, 0.15) is 18.9 Å². The molecule has 1 heterocycles. The van der Waals surface area contributed by atoms with Gasteiger partial charge in [0, 0.05) is 24.1 Å². The molecule has 0 saturated heterocycles. The molecule has 0 aromatic heterocycles. The van der Waals surface area contributed by atoms with Crippen molar-refractivity contribution in [2.45, 2.75) is 13.3 Å². The standard InChI is InChI=1S/C15H19N5O2S/c1-2-18-15(23)19-11-5-3-4-9-8-10(6-7-22-12(9)11)13(21)20-14(16)17/h3-5,8H,2,6-7H2,1H3,(H2,18,19,23)(H4,16,17,20,21). The van der Waals surface area contributed by atoms with Crippen LogP contribution in [0.2, 0.25) is 0 Å². The maximum atomic E-state index is 12.0. The minimum Gasteiger partial charge on any atom is -0.490 e. The van der Waals surface area contributed by atoms with Crippen molar-refractivity contribution in [3.8, 4) is 5.75 Å². The lowest BCUT2D eigenvalue weighted by molar-refractivity contribution is -0.114. The molecule has 1 aromatic carbocycles. The molecule has 1 aliphatic rings. The Hall–Kier alpha value is -2.61. The number of guanidine groups is 1. The van der Waals surface area contributed by atoms with E-state index >= 15 is 0 Å². The zero-order valence-corrected chi connectivity index (χ0v) is 13.6. The molecule has 6 N–H and O–H groups in total. The first-order chi connectivity index (χ1) is 11.0. The lowest BCUT2D eigenvalue weighted by atomic mass is 10.1. The van der Waals surface area contributed by atoms with Gasteiger partial charge in [0.1, 0.15) is 5.75 Å². The van der Waals surface area contributed by atoms with Crippen LogP contribution < -0.4 is 26.8 Å². The number of thiocarbonyl (C=S) groups is 1. The highest BCUT2D eigenvalue weighted by atomic mass is 32.1. The van der Waals surface area contributed by atoms with Gasteiger partial charge >= 0.3 is 0 Å². The minimum absolute atomic E-state index is 0.257. The maximum absolute atomic E-state index is 12.0. The van der Waals surface area contributed by atoms with E-state index in [2.05, 4.69) is 15.6 Å². The van der Waals surface area contributed by atoms with Crippen molar-refractivity contribution < 1.29 is 9.53 Å². The van der Waals surface area contributed by atoms with E-state index in [1.54, 1.807) is 6.08 Å². The van der Waals surface area contributed by atoms with Crippen LogP contribution in [0.25, 0.3) is 6.08 Å². The molecule has 122 valence electrons. The van der Waals surface area contributed by atoms with Crippen molar-refractivity contribution in [3.05, 3.63) is 29.3 Å². The zero-order chi connectivity index (χ0) is 16.8. The molecule has 0 saturated carbocycles. The lowest BCUT2D eigenvalue weighted by Gasteiger charge is -2.15. The molecule has 1 amide bonds. The smallest absolute Gasteiger partial charge is 0.276 e. The normalized spacial score (nSPS) is 12.8. The SMILES string of the molecule is CCNC(=S)Nc1cccc2c1OCCC(C(=O)N=C(N)N)=C2. The van der Waals surface area contributed by atoms with Gasteiger partial charge in [-0.25, -0.2) is 0 Å². The van der Waals surface area contributed by atoms with Crippen LogP contribution in [0, 0.1) is 0 Å². The number of nitrogens with one attached hydrogen (secondary N) is 2. The van der Waals surface area contributed by atoms with Crippen LogP contribution in [0.15, 0.2) is 28.8 Å². The van der Waals surface area contributed by atoms with Crippen molar-refractivity contribution in [3.63, 3.8) is 0 Å². The third kappa shape index (κ3) is 4.43. The Kier molecular flexibility index (Phi) is 5.53. The molecule has 0 atom stereocenters. The van der Waals surface area contributed by atoms with E-state index < -0.39 is 5.91 Å². The number of amides is 1. The number of rotatable bonds is 3. The summed E-state index contributed by atoms with van der Waals surface area (Å²) in [5.74, 6) is -0.0732. The number of carbonyl (C=O) groups is 1. The largest absolute Gasteiger partial charge is 0.490 e. The second kappa shape index (κ2) is 7.59. The third-order valence-corrected chi connectivity index (χ3v) is 3.33. The number of carbonyl (C=O) groups excluding carboxylic acids is 1. The monoisotopic (exact) mass is 333 g/mol. The number of hydrogen-bond acceptors (Lipinski definition) is 3. The molecule has 1 aromatic rings. The van der Waals surface area contributed by atoms with Gasteiger partial charge in [-0.2, -0.15) is 4.99 Å². The summed E-state index contributed by atoms with van der Waals surface area (Å²) in [5.41, 5.74) is 12.5. The van der Waals surface area contributed by atoms with E-state index in [0.29, 0.717) is 29.5 Å². The number of fused-ring (bicyclic) bond motifs is 1. The van der Waals surface area contributed by atoms with E-state index in [-0.39, 0.29) is 5.96 Å². The molecule has 7 nitrogen and oxygen atoms in total. The lowest BCUT2D eigenvalue weighted by Crippen LogP contribution is -2.28. The third-order valence-electron chi connectivity index (χ3n) is 3.08. The summed E-state index contributed by atoms with van der Waals surface area (Å²) in [6.45, 7) is 3.02. The molecular weight excluding hydrogens is 314 g/mol. The molecule has 0 bridgehead atoms. The number of nitrogens with two attached hydrogens (primary N) is 2. The minimum atomic E-state index is -0.456. The molecule has 23 heavy (non-hydrogen) atoms. The summed E-state index contributed by atoms with van der Waals surface area (Å²) < 4.78 is 5.78. The molecule has 0 fully saturated rings. The van der Waals surface area contributed by atoms with Gasteiger partial charge in [-0.1, -0.05) is 12.1 Å². The first-order valence-electron chi connectivity index (χ1n) is 7.16. The zero-order valence-electron chi connectivity index (χ0n) is 12.8. The van der Waals surface area contributed by atoms with Crippen LogP contribution in [0.5, 0.6) is 5.75 Å². The highest BCUT2D eigenvalue weighted by Crippen LogP contribution is 2.33. The van der Waals surface area contributed by atoms with Crippen molar-refractivity contribution in [1.82, 2.24) is 5.32 Å². The van der Waals surface area contributed by atoms with Gasteiger partial charge in [-0.15, -0.1) is 0 Å². The van der Waals surface area contributed by atoms with E-state index in [1.165, 1.54) is 0 Å². The summed E-state index contributed by atoms with van der Waals surface area (Å²) in [7, 11) is 0. The van der Waals surface area contributed by atoms with E-state index in [1.807, 2.05) is 25.1 Å². The summed E-state index contributed by atoms with van der Waals surface area (Å²) in [4.78, 5) is 15.6. The first kappa shape index (κ1) is 16.8. The fourth-order valence-corrected chi connectivity index (χ4v) is 2.39. The van der Waals surface area contributed by atoms with Gasteiger partial charge in [0.05, 0.1) is 12.3 Å². The number of aliphatic imine (C=N–C) groups is 1. The highest BCUT2D eigenvalue weighted by molar-refractivity contribution is 7.80. The second-order valence-corrected chi connectivity index (χ2v) is 5.23. The molecule has 2 rings (SSSR count). The average molecular weight is 333 g/mol. The van der Waals surface area contributed by atoms with Crippen LogP contribution in [0.4, 0.5) is 5.69 Å². The van der Waals surface area contributed by atoms with E-state index in [9.17, 15) is 4.79 Å². The van der Waals surface area contributed by atoms with Gasteiger partial charge in [-0.05, 0) is 31.3 Å². The topological polar surface area (TPSA) is 115 Å². The molecule has 0 unspecified atom stereocenters. The molecule has 1 aliphatic heterocycles. The number of anilines is 1. The Balaban J connectivity index is 2.32. The van der Waals surface area contributed by atoms with Gasteiger partial charge in [-0.3, -0.25) is 4.79 Å². The Morgan fingerprint density at radius 1 is 1.43 bits per heavy atom. The Morgan fingerprint density at radius 3 is 2.91 bits per heavy atom. The predicted molar refractivity (Wildman–Crippen MR) is 95.2 cm³/mol. The van der Waals surface area contributed by atoms with Crippen LogP contribution >= 0.6 is 12.2 Å². The maximum Gasteiger partial charge on any atom is 0.276 e. The Morgan fingerprint density at radius 2 is 2.22 bits per heavy atom. The summed E-state index contributed by atoms with van der Waals surface area (Å²) in [6, 6.07) is 5.56. The number of benzene rings is 1. The number of nitrogens with zero attached hydrogens (tertiary/aromatic N) is 1. The number of hydrogen-bond donors (Lipinski definition) is 4. The van der Waals surface area contributed by atoms with Crippen molar-refractivity contribution in [2.75, 3.05) is 18.5 Å². The molecule has 0 radical (unpaired) electrons. The molecule has 0 spiro atoms. The van der Waals surface area contributed by atoms with Gasteiger partial charge in [0.2, 0.25) is 0 Å². The second-order valence-electron chi connectivity index (χ2n) is 4.82. The van der Waals surface area contributed by atoms with Gasteiger partial charge < -0.3 is 26.8 Å². The van der Waals surface area contributed by atoms with Crippen molar-refractivity contribution in [1.29, 1.82) is 0 Å². The number of ether oxygens (including phenoxy) is 1. The number of para-hydroxylation sites is 1. The molecular formula is C15H19N5O2S. The van der Waals surface area contributed by atoms with Gasteiger partial charge in [0.25, 0.3) is 5.91 Å². The fourth-order valence-electron chi connectivity index (χ4n) is 2.14. The summed E-state index contributed by atoms with van der Waals surface area (Å²) in [5, 5.41) is 6.61. The van der Waals surface area contributed by atoms with E-state index in [4.69, 9.17) is 28.4 Å². The molecule has 8 heteroatoms. The summed E-state index contributed by atoms with van der Waals surface area (Å²) >= 11 is 5.19. The van der Waals surface area contributed by atoms with Crippen LogP contribution in [-0.4, -0.2) is 30.1 Å². The van der Waals surface area contributed by atoms with Crippen LogP contribution in [0.3, 0.4) is 0 Å². The Labute approximate surface area is 139 Å². The predicted octanol–water partition coefficient (Wildman–Crippen LogP) is 0.959. The Bertz CT molecular complexity index is 680. The average Bonchev–Trinajstić information content (AvgIpc) is 2.70. The van der Waals surface area contributed by atoms with Crippen LogP contribution in [-0.2, 0) is 4.79 Å². The molecule has 0 aliphatic carbocycles. The first-order valence-corrected chi connectivity index (χ1v) is 7.57.